The standard InChI is InChI=1S/C37H56O12/c1-19(2)16-45-31(41)46-21(4)35-14-12-24-32(7,26(35)17-44-18-35)13-11-25-33(24,8)28(47-22(5)38)29(48-23(6)39)34(9)36(25,42)15-20(3)27-37(34,49-27)30(40)43-10/h19-21,24-29,42H,11-18H2,1-10H3/t20?,21?,24?,25?,26-,27+,28+,29-,32+,33+,34+,35-,36+,37-/m0/s1. The van der Waals surface area contributed by atoms with Crippen LogP contribution in [0.5, 0.6) is 0 Å². The molecule has 276 valence electrons. The van der Waals surface area contributed by atoms with E-state index in [0.717, 1.165) is 0 Å². The minimum atomic E-state index is -1.59. The Kier molecular flexibility index (Phi) is 8.75. The Labute approximate surface area is 289 Å². The lowest BCUT2D eigenvalue weighted by atomic mass is 9.32. The van der Waals surface area contributed by atoms with E-state index in [1.165, 1.54) is 21.0 Å². The Morgan fingerprint density at radius 3 is 2.16 bits per heavy atom. The molecule has 2 heterocycles. The molecule has 6 aliphatic rings. The first-order valence-electron chi connectivity index (χ1n) is 18.1. The van der Waals surface area contributed by atoms with Crippen LogP contribution in [0.15, 0.2) is 0 Å². The minimum Gasteiger partial charge on any atom is -0.467 e. The summed E-state index contributed by atoms with van der Waals surface area (Å²) in [6, 6.07) is 0. The van der Waals surface area contributed by atoms with Gasteiger partial charge >= 0.3 is 24.1 Å². The normalized spacial score (nSPS) is 48.4. The van der Waals surface area contributed by atoms with E-state index in [9.17, 15) is 24.3 Å². The zero-order valence-corrected chi connectivity index (χ0v) is 30.8. The van der Waals surface area contributed by atoms with Crippen molar-refractivity contribution in [3.63, 3.8) is 0 Å². The Morgan fingerprint density at radius 2 is 1.55 bits per heavy atom. The molecule has 12 nitrogen and oxygen atoms in total. The number of ether oxygens (including phenoxy) is 7. The second kappa shape index (κ2) is 11.8. The van der Waals surface area contributed by atoms with Crippen LogP contribution in [0.3, 0.4) is 0 Å². The van der Waals surface area contributed by atoms with Gasteiger partial charge in [0.25, 0.3) is 0 Å². The fourth-order valence-electron chi connectivity index (χ4n) is 12.5. The third kappa shape index (κ3) is 4.70. The molecule has 1 N–H and O–H groups in total. The highest BCUT2D eigenvalue weighted by atomic mass is 16.7. The van der Waals surface area contributed by atoms with E-state index in [1.54, 1.807) is 6.92 Å². The predicted octanol–water partition coefficient (Wildman–Crippen LogP) is 4.61. The number of carbonyl (C=O) groups is 4. The van der Waals surface area contributed by atoms with Crippen molar-refractivity contribution in [2.24, 2.45) is 51.2 Å². The number of hydrogen-bond donors (Lipinski definition) is 1. The van der Waals surface area contributed by atoms with Crippen LogP contribution in [0.25, 0.3) is 0 Å². The van der Waals surface area contributed by atoms with Crippen molar-refractivity contribution in [2.75, 3.05) is 26.9 Å². The Bertz CT molecular complexity index is 1380. The molecule has 0 spiro atoms. The van der Waals surface area contributed by atoms with E-state index in [0.29, 0.717) is 45.3 Å². The summed E-state index contributed by atoms with van der Waals surface area (Å²) >= 11 is 0. The van der Waals surface area contributed by atoms with Gasteiger partial charge in [-0.3, -0.25) is 9.59 Å². The zero-order valence-electron chi connectivity index (χ0n) is 30.8. The maximum atomic E-state index is 13.8. The molecule has 0 radical (unpaired) electrons. The highest BCUT2D eigenvalue weighted by Gasteiger charge is 2.90. The molecule has 0 amide bonds. The lowest BCUT2D eigenvalue weighted by Gasteiger charge is -2.73. The number of hydrogen-bond acceptors (Lipinski definition) is 12. The summed E-state index contributed by atoms with van der Waals surface area (Å²) < 4.78 is 41.7. The van der Waals surface area contributed by atoms with Gasteiger partial charge in [-0.2, -0.15) is 0 Å². The second-order valence-corrected chi connectivity index (χ2v) is 17.2. The summed E-state index contributed by atoms with van der Waals surface area (Å²) in [4.78, 5) is 52.6. The molecule has 6 fully saturated rings. The van der Waals surface area contributed by atoms with Crippen LogP contribution in [0, 0.1) is 51.2 Å². The second-order valence-electron chi connectivity index (χ2n) is 17.2. The Hall–Kier alpha value is -2.44. The molecule has 6 rings (SSSR count). The van der Waals surface area contributed by atoms with Crippen molar-refractivity contribution in [1.29, 1.82) is 0 Å². The molecule has 4 unspecified atom stereocenters. The number of methoxy groups -OCH3 is 1. The fourth-order valence-corrected chi connectivity index (χ4v) is 12.5. The van der Waals surface area contributed by atoms with Gasteiger partial charge in [0.15, 0.2) is 6.10 Å². The summed E-state index contributed by atoms with van der Waals surface area (Å²) in [5.74, 6) is -2.45. The van der Waals surface area contributed by atoms with E-state index >= 15 is 0 Å². The number of carbonyl (C=O) groups excluding carboxylic acids is 4. The van der Waals surface area contributed by atoms with Gasteiger partial charge in [-0.15, -0.1) is 0 Å². The van der Waals surface area contributed by atoms with Crippen LogP contribution in [0.2, 0.25) is 0 Å². The van der Waals surface area contributed by atoms with E-state index in [-0.39, 0.29) is 30.3 Å². The smallest absolute Gasteiger partial charge is 0.467 e. The highest BCUT2D eigenvalue weighted by Crippen LogP contribution is 2.78. The molecule has 4 saturated carbocycles. The van der Waals surface area contributed by atoms with E-state index in [4.69, 9.17) is 33.2 Å². The monoisotopic (exact) mass is 692 g/mol. The first-order chi connectivity index (χ1) is 22.8. The van der Waals surface area contributed by atoms with Crippen molar-refractivity contribution in [3.05, 3.63) is 0 Å². The van der Waals surface area contributed by atoms with Crippen LogP contribution >= 0.6 is 0 Å². The van der Waals surface area contributed by atoms with Gasteiger partial charge in [-0.05, 0) is 81.0 Å². The molecule has 49 heavy (non-hydrogen) atoms. The third-order valence-electron chi connectivity index (χ3n) is 14.5. The van der Waals surface area contributed by atoms with Gasteiger partial charge < -0.3 is 38.3 Å². The summed E-state index contributed by atoms with van der Waals surface area (Å²) in [5.41, 5.74) is -6.42. The summed E-state index contributed by atoms with van der Waals surface area (Å²) in [5, 5.41) is 13.4. The number of fused-ring (bicyclic) bond motifs is 9. The van der Waals surface area contributed by atoms with Crippen molar-refractivity contribution >= 4 is 24.1 Å². The van der Waals surface area contributed by atoms with Crippen molar-refractivity contribution in [2.45, 2.75) is 130 Å². The molecular weight excluding hydrogens is 636 g/mol. The van der Waals surface area contributed by atoms with Crippen LogP contribution in [0.1, 0.15) is 94.4 Å². The number of epoxide rings is 1. The molecular formula is C37H56O12. The van der Waals surface area contributed by atoms with Crippen LogP contribution in [-0.2, 0) is 47.5 Å². The van der Waals surface area contributed by atoms with Gasteiger partial charge in [-0.1, -0.05) is 34.6 Å². The van der Waals surface area contributed by atoms with Crippen molar-refractivity contribution in [1.82, 2.24) is 0 Å². The molecule has 4 aliphatic carbocycles. The van der Waals surface area contributed by atoms with E-state index in [1.807, 2.05) is 27.7 Å². The SMILES string of the molecule is COC(=O)[C@@]12O[C@@H]1C(C)C[C@@]1(O)C3CC[C@]4(C)C(CC[C@@]5(C(C)OC(=O)OCC(C)C)COC[C@H]54)[C@@]3(C)[C@H](OC(C)=O)[C@H](OC(C)=O)[C@]12C. The van der Waals surface area contributed by atoms with Crippen molar-refractivity contribution in [3.8, 4) is 0 Å². The molecule has 2 aliphatic heterocycles. The zero-order chi connectivity index (χ0) is 36.1. The van der Waals surface area contributed by atoms with E-state index < -0.39 is 87.3 Å². The summed E-state index contributed by atoms with van der Waals surface area (Å²) in [6.45, 7) is 17.7. The molecule has 12 heteroatoms. The summed E-state index contributed by atoms with van der Waals surface area (Å²) in [7, 11) is 1.29. The fraction of sp³-hybridized carbons (Fsp3) is 0.892. The lowest BCUT2D eigenvalue weighted by Crippen LogP contribution is -2.82. The van der Waals surface area contributed by atoms with Crippen LogP contribution in [-0.4, -0.2) is 91.7 Å². The largest absolute Gasteiger partial charge is 0.508 e. The molecule has 0 bridgehead atoms. The van der Waals surface area contributed by atoms with Gasteiger partial charge in [0.05, 0.1) is 37.9 Å². The average Bonchev–Trinajstić information content (AvgIpc) is 3.64. The molecule has 0 aromatic rings. The highest BCUT2D eigenvalue weighted by molar-refractivity contribution is 5.86. The number of aliphatic hydroxyl groups is 1. The maximum Gasteiger partial charge on any atom is 0.508 e. The first-order valence-corrected chi connectivity index (χ1v) is 18.1. The Morgan fingerprint density at radius 1 is 0.918 bits per heavy atom. The third-order valence-corrected chi connectivity index (χ3v) is 14.5. The maximum absolute atomic E-state index is 13.8. The number of esters is 3. The lowest BCUT2D eigenvalue weighted by molar-refractivity contribution is -0.341. The quantitative estimate of drug-likeness (QED) is 0.225. The van der Waals surface area contributed by atoms with Gasteiger partial charge in [0.1, 0.15) is 18.3 Å². The predicted molar refractivity (Wildman–Crippen MR) is 173 cm³/mol. The molecule has 0 aromatic carbocycles. The van der Waals surface area contributed by atoms with Gasteiger partial charge in [-0.25, -0.2) is 9.59 Å². The topological polar surface area (TPSA) is 156 Å². The average molecular weight is 693 g/mol. The van der Waals surface area contributed by atoms with Crippen LogP contribution < -0.4 is 0 Å². The van der Waals surface area contributed by atoms with Gasteiger partial charge in [0.2, 0.25) is 5.60 Å². The first kappa shape index (κ1) is 36.4. The molecule has 2 saturated heterocycles. The van der Waals surface area contributed by atoms with Crippen molar-refractivity contribution < 1.29 is 57.4 Å². The molecule has 14 atom stereocenters. The Balaban J connectivity index is 1.46. The summed E-state index contributed by atoms with van der Waals surface area (Å²) in [6.07, 6.45) is -1.07. The number of rotatable bonds is 7. The minimum absolute atomic E-state index is 0.0274. The van der Waals surface area contributed by atoms with E-state index in [2.05, 4.69) is 13.8 Å². The van der Waals surface area contributed by atoms with Crippen LogP contribution in [0.4, 0.5) is 4.79 Å². The van der Waals surface area contributed by atoms with Gasteiger partial charge in [0, 0.05) is 24.7 Å². The molecule has 0 aromatic heterocycles.